The molecule has 0 bridgehead atoms. The summed E-state index contributed by atoms with van der Waals surface area (Å²) in [6, 6.07) is 5.82. The van der Waals surface area contributed by atoms with Crippen molar-refractivity contribution in [2.24, 2.45) is 5.92 Å². The Bertz CT molecular complexity index is 637. The summed E-state index contributed by atoms with van der Waals surface area (Å²) < 4.78 is 0. The molecule has 0 saturated carbocycles. The Morgan fingerprint density at radius 3 is 2.67 bits per heavy atom. The largest absolute Gasteiger partial charge is 0.480 e. The molecule has 0 spiro atoms. The predicted octanol–water partition coefficient (Wildman–Crippen LogP) is 1.31. The fourth-order valence-corrected chi connectivity index (χ4v) is 1.89. The van der Waals surface area contributed by atoms with Gasteiger partial charge in [-0.1, -0.05) is 26.0 Å². The molecular weight excluding hydrogens is 272 g/mol. The Labute approximate surface area is 121 Å². The van der Waals surface area contributed by atoms with Gasteiger partial charge in [-0.3, -0.25) is 9.89 Å². The summed E-state index contributed by atoms with van der Waals surface area (Å²) in [6.07, 6.45) is 1.38. The van der Waals surface area contributed by atoms with Gasteiger partial charge in [-0.15, -0.1) is 0 Å². The first-order valence-corrected chi connectivity index (χ1v) is 6.48. The maximum absolute atomic E-state index is 12.2. The Morgan fingerprint density at radius 2 is 2.10 bits per heavy atom. The molecule has 7 nitrogen and oxygen atoms in total. The topological polar surface area (TPSA) is 108 Å². The van der Waals surface area contributed by atoms with Crippen molar-refractivity contribution >= 4 is 11.9 Å². The van der Waals surface area contributed by atoms with Crippen molar-refractivity contribution in [3.63, 3.8) is 0 Å². The number of aromatic amines is 1. The van der Waals surface area contributed by atoms with E-state index in [1.54, 1.807) is 38.1 Å². The number of carboxylic acids is 1. The zero-order valence-corrected chi connectivity index (χ0v) is 11.7. The third kappa shape index (κ3) is 3.44. The Kier molecular flexibility index (Phi) is 4.32. The van der Waals surface area contributed by atoms with Gasteiger partial charge >= 0.3 is 5.97 Å². The summed E-state index contributed by atoms with van der Waals surface area (Å²) >= 11 is 0. The fourth-order valence-electron chi connectivity index (χ4n) is 1.89. The highest BCUT2D eigenvalue weighted by Crippen LogP contribution is 2.15. The molecule has 1 atom stereocenters. The summed E-state index contributed by atoms with van der Waals surface area (Å²) in [5.74, 6) is -1.14. The number of amides is 1. The van der Waals surface area contributed by atoms with E-state index in [0.29, 0.717) is 17.0 Å². The van der Waals surface area contributed by atoms with Crippen LogP contribution in [-0.2, 0) is 4.79 Å². The van der Waals surface area contributed by atoms with Crippen molar-refractivity contribution < 1.29 is 14.7 Å². The van der Waals surface area contributed by atoms with Crippen LogP contribution in [0, 0.1) is 5.92 Å². The number of hydrogen-bond donors (Lipinski definition) is 3. The molecule has 1 aromatic carbocycles. The normalized spacial score (nSPS) is 12.1. The van der Waals surface area contributed by atoms with E-state index in [1.165, 1.54) is 6.33 Å². The van der Waals surface area contributed by atoms with Crippen LogP contribution in [0.2, 0.25) is 0 Å². The van der Waals surface area contributed by atoms with E-state index in [2.05, 4.69) is 20.5 Å². The van der Waals surface area contributed by atoms with Crippen molar-refractivity contribution in [1.29, 1.82) is 0 Å². The second kappa shape index (κ2) is 6.17. The second-order valence-electron chi connectivity index (χ2n) is 4.95. The minimum absolute atomic E-state index is 0.205. The zero-order valence-electron chi connectivity index (χ0n) is 11.7. The van der Waals surface area contributed by atoms with Crippen LogP contribution in [0.1, 0.15) is 24.2 Å². The minimum atomic E-state index is -1.05. The van der Waals surface area contributed by atoms with Gasteiger partial charge in [0.1, 0.15) is 12.4 Å². The molecule has 0 aliphatic heterocycles. The molecule has 0 radical (unpaired) electrons. The molecule has 1 heterocycles. The van der Waals surface area contributed by atoms with Gasteiger partial charge in [0.2, 0.25) is 0 Å². The van der Waals surface area contributed by atoms with Crippen LogP contribution < -0.4 is 5.32 Å². The number of aliphatic carboxylic acids is 1. The summed E-state index contributed by atoms with van der Waals surface area (Å²) in [6.45, 7) is 3.48. The minimum Gasteiger partial charge on any atom is -0.480 e. The van der Waals surface area contributed by atoms with Crippen molar-refractivity contribution in [2.45, 2.75) is 19.9 Å². The maximum atomic E-state index is 12.2. The molecule has 2 rings (SSSR count). The van der Waals surface area contributed by atoms with E-state index < -0.39 is 17.9 Å². The first kappa shape index (κ1) is 14.7. The fraction of sp³-hybridized carbons (Fsp3) is 0.286. The number of carbonyl (C=O) groups is 2. The molecule has 0 aliphatic rings. The van der Waals surface area contributed by atoms with Crippen molar-refractivity contribution in [1.82, 2.24) is 20.5 Å². The van der Waals surface area contributed by atoms with Crippen LogP contribution in [0.15, 0.2) is 30.6 Å². The smallest absolute Gasteiger partial charge is 0.326 e. The van der Waals surface area contributed by atoms with E-state index in [0.717, 1.165) is 0 Å². The van der Waals surface area contributed by atoms with E-state index in [9.17, 15) is 9.59 Å². The highest BCUT2D eigenvalue weighted by atomic mass is 16.4. The summed E-state index contributed by atoms with van der Waals surface area (Å²) in [4.78, 5) is 27.3. The highest BCUT2D eigenvalue weighted by molar-refractivity contribution is 5.97. The molecule has 2 aromatic rings. The number of nitrogens with one attached hydrogen (secondary N) is 2. The molecule has 1 amide bonds. The average molecular weight is 288 g/mol. The number of H-pyrrole nitrogens is 1. The third-order valence-corrected chi connectivity index (χ3v) is 3.03. The lowest BCUT2D eigenvalue weighted by Gasteiger charge is -2.18. The molecule has 0 unspecified atom stereocenters. The van der Waals surface area contributed by atoms with Crippen LogP contribution in [0.4, 0.5) is 0 Å². The third-order valence-electron chi connectivity index (χ3n) is 3.03. The summed E-state index contributed by atoms with van der Waals surface area (Å²) in [7, 11) is 0. The first-order chi connectivity index (χ1) is 9.99. The molecule has 0 saturated heterocycles. The molecule has 1 aromatic heterocycles. The van der Waals surface area contributed by atoms with Gasteiger partial charge in [-0.2, -0.15) is 5.10 Å². The van der Waals surface area contributed by atoms with Gasteiger partial charge in [0, 0.05) is 11.1 Å². The number of aromatic nitrogens is 3. The standard InChI is InChI=1S/C14H16N4O3/c1-8(2)11(14(20)21)17-13(19)10-5-3-4-9(6-10)12-15-7-16-18-12/h3-8,11H,1-2H3,(H,17,19)(H,20,21)(H,15,16,18)/t11-/m1/s1. The molecule has 0 aliphatic carbocycles. The van der Waals surface area contributed by atoms with Crippen LogP contribution in [0.3, 0.4) is 0 Å². The second-order valence-corrected chi connectivity index (χ2v) is 4.95. The Hall–Kier alpha value is -2.70. The molecule has 7 heteroatoms. The number of carboxylic acid groups (broad SMARTS) is 1. The summed E-state index contributed by atoms with van der Waals surface area (Å²) in [5, 5.41) is 18.1. The number of carbonyl (C=O) groups excluding carboxylic acids is 1. The van der Waals surface area contributed by atoms with Gasteiger partial charge in [-0.05, 0) is 18.1 Å². The first-order valence-electron chi connectivity index (χ1n) is 6.48. The van der Waals surface area contributed by atoms with Gasteiger partial charge in [0.05, 0.1) is 0 Å². The molecule has 110 valence electrons. The van der Waals surface area contributed by atoms with E-state index in [-0.39, 0.29) is 5.92 Å². The van der Waals surface area contributed by atoms with Crippen molar-refractivity contribution in [3.8, 4) is 11.4 Å². The number of benzene rings is 1. The van der Waals surface area contributed by atoms with E-state index in [4.69, 9.17) is 5.11 Å². The lowest BCUT2D eigenvalue weighted by molar-refractivity contribution is -0.140. The van der Waals surface area contributed by atoms with Crippen molar-refractivity contribution in [2.75, 3.05) is 0 Å². The lowest BCUT2D eigenvalue weighted by Crippen LogP contribution is -2.44. The van der Waals surface area contributed by atoms with E-state index in [1.807, 2.05) is 0 Å². The van der Waals surface area contributed by atoms with Gasteiger partial charge in [-0.25, -0.2) is 9.78 Å². The average Bonchev–Trinajstić information content (AvgIpc) is 2.98. The van der Waals surface area contributed by atoms with E-state index >= 15 is 0 Å². The number of nitrogens with zero attached hydrogens (tertiary/aromatic N) is 2. The highest BCUT2D eigenvalue weighted by Gasteiger charge is 2.24. The van der Waals surface area contributed by atoms with Gasteiger partial charge in [0.25, 0.3) is 5.91 Å². The van der Waals surface area contributed by atoms with Crippen LogP contribution in [-0.4, -0.2) is 38.2 Å². The summed E-state index contributed by atoms with van der Waals surface area (Å²) in [5.41, 5.74) is 1.08. The SMILES string of the molecule is CC(C)[C@@H](NC(=O)c1cccc(-c2ncn[nH]2)c1)C(=O)O. The molecular formula is C14H16N4O3. The van der Waals surface area contributed by atoms with Crippen LogP contribution >= 0.6 is 0 Å². The number of rotatable bonds is 5. The van der Waals surface area contributed by atoms with Crippen LogP contribution in [0.5, 0.6) is 0 Å². The maximum Gasteiger partial charge on any atom is 0.326 e. The Balaban J connectivity index is 2.20. The quantitative estimate of drug-likeness (QED) is 0.768. The monoisotopic (exact) mass is 288 g/mol. The molecule has 3 N–H and O–H groups in total. The molecule has 0 fully saturated rings. The van der Waals surface area contributed by atoms with Gasteiger partial charge in [0.15, 0.2) is 5.82 Å². The predicted molar refractivity (Wildman–Crippen MR) is 75.5 cm³/mol. The number of hydrogen-bond acceptors (Lipinski definition) is 4. The Morgan fingerprint density at radius 1 is 1.33 bits per heavy atom. The van der Waals surface area contributed by atoms with Crippen LogP contribution in [0.25, 0.3) is 11.4 Å². The molecule has 21 heavy (non-hydrogen) atoms. The lowest BCUT2D eigenvalue weighted by atomic mass is 10.0. The van der Waals surface area contributed by atoms with Gasteiger partial charge < -0.3 is 10.4 Å². The van der Waals surface area contributed by atoms with Crippen molar-refractivity contribution in [3.05, 3.63) is 36.2 Å². The zero-order chi connectivity index (χ0) is 15.4.